The van der Waals surface area contributed by atoms with Crippen molar-refractivity contribution in [1.29, 1.82) is 0 Å². The van der Waals surface area contributed by atoms with Crippen LogP contribution < -0.4 is 16.2 Å². The number of aromatic hydroxyl groups is 2. The van der Waals surface area contributed by atoms with Gasteiger partial charge in [0.15, 0.2) is 0 Å². The number of phenolic OH excluding ortho intramolecular Hbond substituents is 2. The Hall–Kier alpha value is -3.88. The zero-order valence-electron chi connectivity index (χ0n) is 24.8. The molecule has 0 fully saturated rings. The molecule has 220 valence electrons. The summed E-state index contributed by atoms with van der Waals surface area (Å²) in [5, 5.41) is 23.3. The second kappa shape index (κ2) is 14.5. The van der Waals surface area contributed by atoms with E-state index in [0.29, 0.717) is 35.1 Å². The summed E-state index contributed by atoms with van der Waals surface area (Å²) in [6, 6.07) is 0. The average molecular weight is 556 g/mol. The lowest BCUT2D eigenvalue weighted by Crippen LogP contribution is -2.37. The van der Waals surface area contributed by atoms with Gasteiger partial charge in [-0.1, -0.05) is 67.9 Å². The number of amidine groups is 1. The Labute approximate surface area is 237 Å². The molecular formula is C31H45N3O6. The predicted octanol–water partition coefficient (Wildman–Crippen LogP) is 3.17. The third-order valence-corrected chi connectivity index (χ3v) is 6.55. The molecule has 0 saturated carbocycles. The van der Waals surface area contributed by atoms with E-state index >= 15 is 0 Å². The van der Waals surface area contributed by atoms with Crippen LogP contribution in [-0.2, 0) is 29.9 Å². The Morgan fingerprint density at radius 3 is 1.65 bits per heavy atom. The van der Waals surface area contributed by atoms with Crippen LogP contribution in [0.5, 0.6) is 11.5 Å². The predicted molar refractivity (Wildman–Crippen MR) is 161 cm³/mol. The van der Waals surface area contributed by atoms with E-state index in [9.17, 15) is 19.8 Å². The number of esters is 2. The van der Waals surface area contributed by atoms with Crippen molar-refractivity contribution in [2.24, 2.45) is 21.6 Å². The first-order valence-electron chi connectivity index (χ1n) is 13.2. The van der Waals surface area contributed by atoms with Gasteiger partial charge in [0.2, 0.25) is 0 Å². The molecule has 0 atom stereocenters. The van der Waals surface area contributed by atoms with E-state index in [1.54, 1.807) is 0 Å². The Morgan fingerprint density at radius 2 is 1.25 bits per heavy atom. The zero-order chi connectivity index (χ0) is 30.8. The van der Waals surface area contributed by atoms with E-state index in [4.69, 9.17) is 15.2 Å². The van der Waals surface area contributed by atoms with Crippen molar-refractivity contribution in [3.63, 3.8) is 0 Å². The minimum atomic E-state index is -0.757. The topological polar surface area (TPSA) is 144 Å². The third kappa shape index (κ3) is 9.10. The van der Waals surface area contributed by atoms with Gasteiger partial charge >= 0.3 is 11.9 Å². The number of aliphatic imine (C=N–C) groups is 2. The molecule has 0 aliphatic carbocycles. The fraction of sp³-hybridized carbons (Fsp3) is 0.484. The van der Waals surface area contributed by atoms with E-state index in [-0.39, 0.29) is 48.8 Å². The molecule has 1 aromatic carbocycles. The van der Waals surface area contributed by atoms with Crippen LogP contribution in [0, 0.1) is 5.92 Å². The molecule has 0 radical (unpaired) electrons. The third-order valence-electron chi connectivity index (χ3n) is 6.55. The van der Waals surface area contributed by atoms with Crippen molar-refractivity contribution < 1.29 is 29.3 Å². The SMILES string of the molecule is C=CC(=O)OCCN=C(N)CC(C)(C)c1c(O)c(=C)c(C(C)(C)CC(=NCCOC(=O)C=C)C(C)C)c(O)c1=C. The highest BCUT2D eigenvalue weighted by molar-refractivity contribution is 5.88. The molecule has 40 heavy (non-hydrogen) atoms. The number of nitrogens with two attached hydrogens (primary N) is 1. The van der Waals surface area contributed by atoms with Crippen LogP contribution in [-0.4, -0.2) is 60.0 Å². The van der Waals surface area contributed by atoms with E-state index in [1.165, 1.54) is 0 Å². The maximum atomic E-state index is 11.4. The van der Waals surface area contributed by atoms with Crippen LogP contribution in [0.25, 0.3) is 13.2 Å². The summed E-state index contributed by atoms with van der Waals surface area (Å²) in [4.78, 5) is 31.4. The van der Waals surface area contributed by atoms with Gasteiger partial charge in [-0.05, 0) is 17.8 Å². The second-order valence-electron chi connectivity index (χ2n) is 11.2. The molecule has 0 aliphatic heterocycles. The van der Waals surface area contributed by atoms with Gasteiger partial charge < -0.3 is 25.4 Å². The molecule has 1 aromatic rings. The largest absolute Gasteiger partial charge is 0.507 e. The van der Waals surface area contributed by atoms with Gasteiger partial charge in [0, 0.05) is 51.3 Å². The molecule has 0 saturated heterocycles. The molecule has 0 spiro atoms. The Balaban J connectivity index is 3.33. The summed E-state index contributed by atoms with van der Waals surface area (Å²) in [6.45, 7) is 27.3. The van der Waals surface area contributed by atoms with E-state index in [2.05, 4.69) is 36.3 Å². The standard InChI is InChI=1S/C31H45N3O6/c1-11-24(35)39-15-13-33-22(19(3)4)17-30(7,8)26-20(5)29(38)27(21(6)28(26)37)31(9,10)18-23(32)34-14-16-40-25(36)12-2/h11-12,19,37-38H,1-2,5-6,13-18H2,3-4,7-10H3,(H2,32,34). The van der Waals surface area contributed by atoms with Crippen LogP contribution >= 0.6 is 0 Å². The second-order valence-corrected chi connectivity index (χ2v) is 11.2. The molecule has 1 rings (SSSR count). The Kier molecular flexibility index (Phi) is 12.4. The summed E-state index contributed by atoms with van der Waals surface area (Å²) >= 11 is 0. The fourth-order valence-corrected chi connectivity index (χ4v) is 4.65. The molecule has 9 heteroatoms. The smallest absolute Gasteiger partial charge is 0.330 e. The van der Waals surface area contributed by atoms with E-state index in [1.807, 2.05) is 41.5 Å². The van der Waals surface area contributed by atoms with Crippen LogP contribution in [0.1, 0.15) is 65.5 Å². The maximum Gasteiger partial charge on any atom is 0.330 e. The summed E-state index contributed by atoms with van der Waals surface area (Å²) in [5.74, 6) is -0.767. The van der Waals surface area contributed by atoms with Gasteiger partial charge in [0.25, 0.3) is 0 Å². The zero-order valence-corrected chi connectivity index (χ0v) is 24.8. The Morgan fingerprint density at radius 1 is 0.850 bits per heavy atom. The number of ether oxygens (including phenoxy) is 2. The minimum Gasteiger partial charge on any atom is -0.507 e. The van der Waals surface area contributed by atoms with Gasteiger partial charge in [-0.15, -0.1) is 0 Å². The molecule has 0 heterocycles. The highest BCUT2D eigenvalue weighted by Gasteiger charge is 2.34. The van der Waals surface area contributed by atoms with Crippen molar-refractivity contribution in [3.05, 3.63) is 46.9 Å². The van der Waals surface area contributed by atoms with Gasteiger partial charge in [0.05, 0.1) is 18.9 Å². The number of carbonyl (C=O) groups excluding carboxylic acids is 2. The van der Waals surface area contributed by atoms with Crippen LogP contribution in [0.4, 0.5) is 0 Å². The summed E-state index contributed by atoms with van der Waals surface area (Å²) < 4.78 is 9.94. The van der Waals surface area contributed by atoms with Crippen molar-refractivity contribution in [1.82, 2.24) is 0 Å². The highest BCUT2D eigenvalue weighted by atomic mass is 16.5. The Bertz CT molecular complexity index is 1270. The lowest BCUT2D eigenvalue weighted by Gasteiger charge is -2.32. The number of nitrogens with zero attached hydrogens (tertiary/aromatic N) is 2. The summed E-state index contributed by atoms with van der Waals surface area (Å²) in [7, 11) is 0. The average Bonchev–Trinajstić information content (AvgIpc) is 2.86. The lowest BCUT2D eigenvalue weighted by molar-refractivity contribution is -0.138. The van der Waals surface area contributed by atoms with Crippen molar-refractivity contribution >= 4 is 36.6 Å². The molecule has 9 nitrogen and oxygen atoms in total. The molecule has 0 amide bonds. The van der Waals surface area contributed by atoms with Crippen LogP contribution in [0.2, 0.25) is 0 Å². The van der Waals surface area contributed by atoms with Gasteiger partial charge in [0.1, 0.15) is 24.7 Å². The molecule has 0 aliphatic rings. The molecular weight excluding hydrogens is 510 g/mol. The lowest BCUT2D eigenvalue weighted by atomic mass is 9.73. The van der Waals surface area contributed by atoms with Gasteiger partial charge in [-0.3, -0.25) is 9.98 Å². The minimum absolute atomic E-state index is 0.0502. The van der Waals surface area contributed by atoms with Crippen LogP contribution in [0.3, 0.4) is 0 Å². The summed E-state index contributed by atoms with van der Waals surface area (Å²) in [5.41, 5.74) is 6.49. The molecule has 0 unspecified atom stereocenters. The first-order valence-corrected chi connectivity index (χ1v) is 13.2. The van der Waals surface area contributed by atoms with Crippen molar-refractivity contribution in [3.8, 4) is 11.5 Å². The number of hydrogen-bond acceptors (Lipinski definition) is 8. The van der Waals surface area contributed by atoms with Gasteiger partial charge in [-0.2, -0.15) is 0 Å². The van der Waals surface area contributed by atoms with E-state index < -0.39 is 22.8 Å². The monoisotopic (exact) mass is 555 g/mol. The van der Waals surface area contributed by atoms with E-state index in [0.717, 1.165) is 17.9 Å². The quantitative estimate of drug-likeness (QED) is 0.0753. The highest BCUT2D eigenvalue weighted by Crippen LogP contribution is 2.37. The number of benzene rings is 1. The number of carbonyl (C=O) groups is 2. The van der Waals surface area contributed by atoms with Crippen LogP contribution in [0.15, 0.2) is 35.3 Å². The first kappa shape index (κ1) is 34.1. The number of phenols is 2. The summed E-state index contributed by atoms with van der Waals surface area (Å²) in [6.07, 6.45) is 2.89. The normalized spacial score (nSPS) is 12.8. The first-order chi connectivity index (χ1) is 18.5. The van der Waals surface area contributed by atoms with Crippen molar-refractivity contribution in [2.45, 2.75) is 65.2 Å². The number of rotatable bonds is 15. The fourth-order valence-electron chi connectivity index (χ4n) is 4.65. The maximum absolute atomic E-state index is 11.4. The van der Waals surface area contributed by atoms with Crippen molar-refractivity contribution in [2.75, 3.05) is 26.3 Å². The number of hydrogen-bond donors (Lipinski definition) is 3. The molecule has 0 aromatic heterocycles. The molecule has 0 bridgehead atoms. The molecule has 4 N–H and O–H groups in total. The van der Waals surface area contributed by atoms with Gasteiger partial charge in [-0.25, -0.2) is 9.59 Å².